The van der Waals surface area contributed by atoms with Gasteiger partial charge in [-0.2, -0.15) is 0 Å². The van der Waals surface area contributed by atoms with Crippen LogP contribution in [0.4, 0.5) is 5.82 Å². The van der Waals surface area contributed by atoms with Crippen LogP contribution in [0, 0.1) is 13.8 Å². The number of carbonyl (C=O) groups is 3. The first-order chi connectivity index (χ1) is 14.8. The van der Waals surface area contributed by atoms with Crippen molar-refractivity contribution in [2.75, 3.05) is 12.4 Å². The lowest BCUT2D eigenvalue weighted by Crippen LogP contribution is -2.25. The lowest BCUT2D eigenvalue weighted by molar-refractivity contribution is -0.117. The summed E-state index contributed by atoms with van der Waals surface area (Å²) in [5.74, 6) is -1.27. The molecule has 4 rings (SSSR count). The number of imide groups is 1. The monoisotopic (exact) mass is 416 g/mol. The van der Waals surface area contributed by atoms with Crippen molar-refractivity contribution in [2.24, 2.45) is 0 Å². The van der Waals surface area contributed by atoms with Crippen LogP contribution >= 0.6 is 0 Å². The zero-order valence-electron chi connectivity index (χ0n) is 17.8. The molecule has 0 unspecified atom stereocenters. The van der Waals surface area contributed by atoms with Gasteiger partial charge < -0.3 is 5.32 Å². The van der Waals surface area contributed by atoms with E-state index in [1.165, 1.54) is 7.05 Å². The third-order valence-electron chi connectivity index (χ3n) is 5.45. The largest absolute Gasteiger partial charge is 0.310 e. The Labute approximate surface area is 181 Å². The second-order valence-corrected chi connectivity index (χ2v) is 7.84. The molecule has 31 heavy (non-hydrogen) atoms. The summed E-state index contributed by atoms with van der Waals surface area (Å²) < 4.78 is 0. The van der Waals surface area contributed by atoms with E-state index in [4.69, 9.17) is 0 Å². The van der Waals surface area contributed by atoms with Crippen LogP contribution in [-0.4, -0.2) is 39.6 Å². The van der Waals surface area contributed by atoms with Gasteiger partial charge in [0.05, 0.1) is 17.0 Å². The fourth-order valence-corrected chi connectivity index (χ4v) is 3.73. The number of hydrogen-bond donors (Lipinski definition) is 1. The first-order valence-electron chi connectivity index (χ1n) is 9.92. The van der Waals surface area contributed by atoms with Gasteiger partial charge in [-0.25, -0.2) is 4.98 Å². The summed E-state index contributed by atoms with van der Waals surface area (Å²) in [6.07, 6.45) is 5.22. The lowest BCUT2D eigenvalue weighted by Gasteiger charge is -2.16. The molecule has 0 saturated heterocycles. The average molecular weight is 416 g/mol. The quantitative estimate of drug-likeness (QED) is 0.650. The number of pyridine rings is 2. The third-order valence-corrected chi connectivity index (χ3v) is 5.45. The van der Waals surface area contributed by atoms with E-state index in [2.05, 4.69) is 15.3 Å². The number of rotatable bonds is 4. The molecule has 0 aliphatic carbocycles. The van der Waals surface area contributed by atoms with Gasteiger partial charge in [0, 0.05) is 38.2 Å². The summed E-state index contributed by atoms with van der Waals surface area (Å²) in [4.78, 5) is 47.5. The summed E-state index contributed by atoms with van der Waals surface area (Å²) in [7, 11) is 1.45. The number of hydrogen-bond acceptors (Lipinski definition) is 5. The van der Waals surface area contributed by atoms with Gasteiger partial charge in [-0.3, -0.25) is 24.3 Å². The molecule has 0 saturated carbocycles. The van der Waals surface area contributed by atoms with Gasteiger partial charge in [0.2, 0.25) is 5.91 Å². The van der Waals surface area contributed by atoms with Crippen LogP contribution in [-0.2, 0) is 4.79 Å². The van der Waals surface area contributed by atoms with E-state index in [1.807, 2.05) is 26.0 Å². The minimum absolute atomic E-state index is 0. The highest BCUT2D eigenvalue weighted by molar-refractivity contribution is 6.22. The van der Waals surface area contributed by atoms with Crippen molar-refractivity contribution in [1.29, 1.82) is 0 Å². The van der Waals surface area contributed by atoms with Crippen molar-refractivity contribution in [3.63, 3.8) is 0 Å². The number of nitrogens with zero attached hydrogens (tertiary/aromatic N) is 3. The normalized spacial score (nSPS) is 13.9. The van der Waals surface area contributed by atoms with Crippen LogP contribution in [0.3, 0.4) is 0 Å². The van der Waals surface area contributed by atoms with Crippen LogP contribution in [0.15, 0.2) is 48.9 Å². The molecule has 7 nitrogen and oxygen atoms in total. The maximum Gasteiger partial charge on any atom is 0.261 e. The smallest absolute Gasteiger partial charge is 0.261 e. The highest BCUT2D eigenvalue weighted by Crippen LogP contribution is 2.32. The SMILES string of the molecule is Cc1cncc(-c2ccc(NC(=O)[C@@H](C)c3cc(C)cc4c3C(=O)N(C)C4=O)nc2)c1.[HH]. The van der Waals surface area contributed by atoms with Crippen molar-refractivity contribution >= 4 is 23.5 Å². The second-order valence-electron chi connectivity index (χ2n) is 7.84. The molecule has 0 fully saturated rings. The molecule has 0 spiro atoms. The molecule has 158 valence electrons. The van der Waals surface area contributed by atoms with Crippen molar-refractivity contribution in [1.82, 2.24) is 14.9 Å². The number of aryl methyl sites for hydroxylation is 2. The number of nitrogens with one attached hydrogen (secondary N) is 1. The van der Waals surface area contributed by atoms with Crippen molar-refractivity contribution in [3.8, 4) is 11.1 Å². The standard InChI is InChI=1S/C24H22N4O3.H2/c1-13-8-18(21-19(9-13)23(30)28(4)24(21)31)15(3)22(29)27-20-6-5-16(12-26-20)17-7-14(2)10-25-11-17;/h5-12,15H,1-4H3,(H,26,27,29);1H/t15-;/m0./s1. The maximum absolute atomic E-state index is 12.9. The predicted molar refractivity (Wildman–Crippen MR) is 119 cm³/mol. The molecule has 2 aromatic heterocycles. The summed E-state index contributed by atoms with van der Waals surface area (Å²) in [6.45, 7) is 5.52. The molecule has 3 amide bonds. The highest BCUT2D eigenvalue weighted by atomic mass is 16.2. The third kappa shape index (κ3) is 3.70. The van der Waals surface area contributed by atoms with E-state index in [0.29, 0.717) is 22.5 Å². The average Bonchev–Trinajstić information content (AvgIpc) is 2.97. The van der Waals surface area contributed by atoms with Gasteiger partial charge in [0.25, 0.3) is 11.8 Å². The summed E-state index contributed by atoms with van der Waals surface area (Å²) in [5, 5.41) is 2.80. The number of benzene rings is 1. The summed E-state index contributed by atoms with van der Waals surface area (Å²) in [5.41, 5.74) is 4.89. The number of carbonyl (C=O) groups excluding carboxylic acids is 3. The van der Waals surface area contributed by atoms with Gasteiger partial charge in [-0.15, -0.1) is 0 Å². The first kappa shape index (κ1) is 20.4. The van der Waals surface area contributed by atoms with Crippen LogP contribution in [0.5, 0.6) is 0 Å². The molecule has 1 aliphatic rings. The highest BCUT2D eigenvalue weighted by Gasteiger charge is 2.37. The molecule has 1 N–H and O–H groups in total. The zero-order chi connectivity index (χ0) is 22.3. The van der Waals surface area contributed by atoms with Crippen LogP contribution in [0.25, 0.3) is 11.1 Å². The molecule has 1 atom stereocenters. The van der Waals surface area contributed by atoms with Crippen molar-refractivity contribution < 1.29 is 15.8 Å². The number of anilines is 1. The minimum Gasteiger partial charge on any atom is -0.310 e. The summed E-state index contributed by atoms with van der Waals surface area (Å²) in [6, 6.07) is 9.08. The van der Waals surface area contributed by atoms with E-state index in [1.54, 1.807) is 43.7 Å². The van der Waals surface area contributed by atoms with Crippen LogP contribution < -0.4 is 5.32 Å². The molecule has 3 heterocycles. The number of amides is 3. The van der Waals surface area contributed by atoms with Crippen LogP contribution in [0.1, 0.15) is 51.7 Å². The second kappa shape index (κ2) is 7.75. The number of aromatic nitrogens is 2. The van der Waals surface area contributed by atoms with Gasteiger partial charge >= 0.3 is 0 Å². The fraction of sp³-hybridized carbons (Fsp3) is 0.208. The van der Waals surface area contributed by atoms with Gasteiger partial charge in [0.1, 0.15) is 5.82 Å². The molecule has 7 heteroatoms. The van der Waals surface area contributed by atoms with Crippen LogP contribution in [0.2, 0.25) is 0 Å². The van der Waals surface area contributed by atoms with E-state index < -0.39 is 5.92 Å². The fourth-order valence-electron chi connectivity index (χ4n) is 3.73. The van der Waals surface area contributed by atoms with E-state index in [-0.39, 0.29) is 19.1 Å². The lowest BCUT2D eigenvalue weighted by atomic mass is 9.90. The van der Waals surface area contributed by atoms with Crippen molar-refractivity contribution in [3.05, 3.63) is 76.7 Å². The van der Waals surface area contributed by atoms with Gasteiger partial charge in [-0.1, -0.05) is 6.07 Å². The molecule has 0 radical (unpaired) electrons. The molecular formula is C24H24N4O3. The minimum atomic E-state index is -0.639. The Morgan fingerprint density at radius 1 is 1.00 bits per heavy atom. The van der Waals surface area contributed by atoms with E-state index in [0.717, 1.165) is 27.2 Å². The van der Waals surface area contributed by atoms with E-state index >= 15 is 0 Å². The van der Waals surface area contributed by atoms with Gasteiger partial charge in [-0.05, 0) is 61.7 Å². The Kier molecular flexibility index (Phi) is 5.10. The molecular weight excluding hydrogens is 392 g/mol. The summed E-state index contributed by atoms with van der Waals surface area (Å²) >= 11 is 0. The first-order valence-corrected chi connectivity index (χ1v) is 9.92. The van der Waals surface area contributed by atoms with E-state index in [9.17, 15) is 14.4 Å². The van der Waals surface area contributed by atoms with Gasteiger partial charge in [0.15, 0.2) is 0 Å². The van der Waals surface area contributed by atoms with Crippen molar-refractivity contribution in [2.45, 2.75) is 26.7 Å². The Bertz CT molecular complexity index is 1220. The maximum atomic E-state index is 12.9. The zero-order valence-corrected chi connectivity index (χ0v) is 17.8. The topological polar surface area (TPSA) is 92.3 Å². The number of fused-ring (bicyclic) bond motifs is 1. The molecule has 1 aromatic carbocycles. The molecule has 0 bridgehead atoms. The molecule has 1 aliphatic heterocycles. The Balaban J connectivity index is 0.00000289. The Hall–Kier alpha value is -3.87. The predicted octanol–water partition coefficient (Wildman–Crippen LogP) is 3.97. The Morgan fingerprint density at radius 2 is 1.77 bits per heavy atom. The Morgan fingerprint density at radius 3 is 2.45 bits per heavy atom. The molecule has 3 aromatic rings.